The third-order valence-corrected chi connectivity index (χ3v) is 3.27. The number of aromatic amines is 2. The van der Waals surface area contributed by atoms with Gasteiger partial charge in [-0.3, -0.25) is 0 Å². The molecular formula is C19H12N4. The first-order valence-corrected chi connectivity index (χ1v) is 7.20. The van der Waals surface area contributed by atoms with Gasteiger partial charge in [-0.1, -0.05) is 17.2 Å². The van der Waals surface area contributed by atoms with Gasteiger partial charge in [0, 0.05) is 12.4 Å². The van der Waals surface area contributed by atoms with E-state index in [1.807, 2.05) is 48.6 Å². The van der Waals surface area contributed by atoms with Crippen LogP contribution < -0.4 is 21.4 Å². The van der Waals surface area contributed by atoms with E-state index in [-0.39, 0.29) is 0 Å². The number of H-pyrrole nitrogens is 2. The van der Waals surface area contributed by atoms with Crippen LogP contribution in [0.3, 0.4) is 0 Å². The molecule has 0 spiro atoms. The van der Waals surface area contributed by atoms with Crippen molar-refractivity contribution in [2.75, 3.05) is 0 Å². The second-order valence-electron chi connectivity index (χ2n) is 4.99. The fourth-order valence-electron chi connectivity index (χ4n) is 2.25. The summed E-state index contributed by atoms with van der Waals surface area (Å²) in [5.74, 6) is 0. The average molecular weight is 296 g/mol. The van der Waals surface area contributed by atoms with E-state index in [9.17, 15) is 0 Å². The highest BCUT2D eigenvalue weighted by Gasteiger charge is 1.91. The number of hydrogen-bond donors (Lipinski definition) is 2. The topological polar surface area (TPSA) is 56.3 Å². The summed E-state index contributed by atoms with van der Waals surface area (Å²) >= 11 is 0. The smallest absolute Gasteiger partial charge is 0.107 e. The van der Waals surface area contributed by atoms with Crippen LogP contribution in [0.1, 0.15) is 0 Å². The summed E-state index contributed by atoms with van der Waals surface area (Å²) in [6, 6.07) is 7.82. The van der Waals surface area contributed by atoms with E-state index in [1.54, 1.807) is 12.4 Å². The molecule has 4 nitrogen and oxygen atoms in total. The van der Waals surface area contributed by atoms with Crippen molar-refractivity contribution in [1.82, 2.24) is 9.97 Å². The van der Waals surface area contributed by atoms with Gasteiger partial charge in [0.15, 0.2) is 0 Å². The first kappa shape index (κ1) is 13.1. The van der Waals surface area contributed by atoms with E-state index < -0.39 is 0 Å². The van der Waals surface area contributed by atoms with Crippen LogP contribution in [0.2, 0.25) is 0 Å². The largest absolute Gasteiger partial charge is 0.343 e. The van der Waals surface area contributed by atoms with Gasteiger partial charge in [0.1, 0.15) is 11.4 Å². The molecule has 2 aromatic heterocycles. The molecule has 108 valence electrons. The summed E-state index contributed by atoms with van der Waals surface area (Å²) in [6.07, 6.45) is 11.1. The minimum Gasteiger partial charge on any atom is -0.343 e. The third-order valence-electron chi connectivity index (χ3n) is 3.27. The van der Waals surface area contributed by atoms with Crippen LogP contribution in [0.25, 0.3) is 17.2 Å². The quantitative estimate of drug-likeness (QED) is 0.682. The number of rotatable bonds is 0. The summed E-state index contributed by atoms with van der Waals surface area (Å²) in [7, 11) is 0. The molecule has 0 fully saturated rings. The Morgan fingerprint density at radius 1 is 0.609 bits per heavy atom. The number of nitrogens with zero attached hydrogens (tertiary/aromatic N) is 2. The van der Waals surface area contributed by atoms with Gasteiger partial charge in [0.2, 0.25) is 0 Å². The molecule has 0 amide bonds. The Morgan fingerprint density at radius 2 is 1.04 bits per heavy atom. The van der Waals surface area contributed by atoms with E-state index in [2.05, 4.69) is 37.1 Å². The van der Waals surface area contributed by atoms with Crippen LogP contribution in [-0.2, 0) is 0 Å². The van der Waals surface area contributed by atoms with E-state index in [0.29, 0.717) is 0 Å². The zero-order chi connectivity index (χ0) is 15.5. The lowest BCUT2D eigenvalue weighted by Crippen LogP contribution is -2.12. The summed E-state index contributed by atoms with van der Waals surface area (Å²) < 4.78 is 0. The second-order valence-corrected chi connectivity index (χ2v) is 4.99. The molecular weight excluding hydrogens is 284 g/mol. The molecule has 2 aliphatic heterocycles. The summed E-state index contributed by atoms with van der Waals surface area (Å²) in [4.78, 5) is 14.8. The Bertz CT molecular complexity index is 1090. The monoisotopic (exact) mass is 296 g/mol. The van der Waals surface area contributed by atoms with Crippen LogP contribution in [0.4, 0.5) is 0 Å². The lowest BCUT2D eigenvalue weighted by Gasteiger charge is -1.77. The predicted octanol–water partition coefficient (Wildman–Crippen LogP) is -0.0982. The minimum absolute atomic E-state index is 0.812. The van der Waals surface area contributed by atoms with Gasteiger partial charge >= 0.3 is 0 Å². The Balaban J connectivity index is 1.87. The Hall–Kier alpha value is -3.54. The molecule has 23 heavy (non-hydrogen) atoms. The van der Waals surface area contributed by atoms with Crippen molar-refractivity contribution in [3.8, 4) is 0 Å². The molecule has 0 saturated carbocycles. The first-order valence-electron chi connectivity index (χ1n) is 7.20. The van der Waals surface area contributed by atoms with E-state index in [0.717, 1.165) is 32.8 Å². The highest BCUT2D eigenvalue weighted by atomic mass is 14.7. The molecule has 2 N–H and O–H groups in total. The molecule has 4 rings (SSSR count). The molecule has 4 heteroatoms. The highest BCUT2D eigenvalue weighted by molar-refractivity contribution is 5.78. The molecule has 0 saturated heterocycles. The maximum absolute atomic E-state index is 4.17. The van der Waals surface area contributed by atoms with Gasteiger partial charge in [0.25, 0.3) is 0 Å². The number of nitrogens with one attached hydrogen (secondary N) is 2. The molecule has 0 bridgehead atoms. The highest BCUT2D eigenvalue weighted by Crippen LogP contribution is 2.00. The SMILES string of the molecule is C(=C1C=CC=N1)=c1ccc(=C=c2ccc(=C=C3C=CC=N3)[nH]2)[nH]1. The Labute approximate surface area is 131 Å². The molecule has 0 radical (unpaired) electrons. The van der Waals surface area contributed by atoms with Crippen LogP contribution in [-0.4, -0.2) is 22.4 Å². The Morgan fingerprint density at radius 3 is 1.43 bits per heavy atom. The van der Waals surface area contributed by atoms with Crippen molar-refractivity contribution in [3.05, 3.63) is 81.4 Å². The number of allylic oxidation sites excluding steroid dienone is 4. The Kier molecular flexibility index (Phi) is 3.25. The summed E-state index contributed by atoms with van der Waals surface area (Å²) in [5.41, 5.74) is 11.3. The fraction of sp³-hybridized carbons (Fsp3) is 0. The van der Waals surface area contributed by atoms with Crippen molar-refractivity contribution in [2.24, 2.45) is 9.98 Å². The van der Waals surface area contributed by atoms with E-state index in [1.165, 1.54) is 0 Å². The molecule has 2 aromatic rings. The number of aromatic nitrogens is 2. The fourth-order valence-corrected chi connectivity index (χ4v) is 2.25. The van der Waals surface area contributed by atoms with Gasteiger partial charge in [-0.2, -0.15) is 0 Å². The van der Waals surface area contributed by atoms with Gasteiger partial charge in [-0.25, -0.2) is 9.98 Å². The van der Waals surface area contributed by atoms with Crippen molar-refractivity contribution in [2.45, 2.75) is 0 Å². The van der Waals surface area contributed by atoms with Crippen LogP contribution >= 0.6 is 0 Å². The maximum atomic E-state index is 4.17. The van der Waals surface area contributed by atoms with Crippen molar-refractivity contribution in [1.29, 1.82) is 0 Å². The van der Waals surface area contributed by atoms with E-state index >= 15 is 0 Å². The molecule has 0 unspecified atom stereocenters. The van der Waals surface area contributed by atoms with E-state index in [4.69, 9.17) is 0 Å². The number of aliphatic imine (C=N–C) groups is 2. The van der Waals surface area contributed by atoms with Crippen LogP contribution in [0, 0.1) is 0 Å². The minimum atomic E-state index is 0.812. The lowest BCUT2D eigenvalue weighted by atomic mass is 10.4. The van der Waals surface area contributed by atoms with Crippen molar-refractivity contribution >= 4 is 29.6 Å². The molecule has 2 aliphatic rings. The molecule has 0 atom stereocenters. The summed E-state index contributed by atoms with van der Waals surface area (Å²) in [5, 5.41) is 3.49. The predicted molar refractivity (Wildman–Crippen MR) is 91.7 cm³/mol. The number of hydrogen-bond acceptors (Lipinski definition) is 2. The zero-order valence-electron chi connectivity index (χ0n) is 12.2. The van der Waals surface area contributed by atoms with Gasteiger partial charge in [0.05, 0.1) is 21.4 Å². The standard InChI is InChI=1S/C19H12N4/c1-3-14(20-9-1)11-16-5-7-18(22-16)13-19-8-6-17(23-19)12-15-4-2-10-21-15/h1-10,22-23H. The van der Waals surface area contributed by atoms with Gasteiger partial charge < -0.3 is 9.97 Å². The third kappa shape index (κ3) is 3.06. The van der Waals surface area contributed by atoms with Crippen LogP contribution in [0.15, 0.2) is 69.9 Å². The van der Waals surface area contributed by atoms with Crippen LogP contribution in [0.5, 0.6) is 0 Å². The second kappa shape index (κ2) is 5.69. The molecule has 0 aromatic carbocycles. The van der Waals surface area contributed by atoms with Gasteiger partial charge in [-0.05, 0) is 48.6 Å². The van der Waals surface area contributed by atoms with Crippen molar-refractivity contribution < 1.29 is 0 Å². The zero-order valence-corrected chi connectivity index (χ0v) is 12.2. The first-order chi connectivity index (χ1) is 11.3. The average Bonchev–Trinajstić information content (AvgIpc) is 3.31. The molecule has 0 aliphatic carbocycles. The van der Waals surface area contributed by atoms with Gasteiger partial charge in [-0.15, -0.1) is 0 Å². The van der Waals surface area contributed by atoms with Crippen molar-refractivity contribution in [3.63, 3.8) is 0 Å². The summed E-state index contributed by atoms with van der Waals surface area (Å²) in [6.45, 7) is 0. The molecule has 4 heterocycles. The normalized spacial score (nSPS) is 14.4. The lowest BCUT2D eigenvalue weighted by molar-refractivity contribution is 1.25. The maximum Gasteiger partial charge on any atom is 0.107 e.